The van der Waals surface area contributed by atoms with E-state index in [1.807, 2.05) is 53.8 Å². The molecule has 0 atom stereocenters. The zero-order valence-electron chi connectivity index (χ0n) is 35.4. The first kappa shape index (κ1) is 39.1. The Morgan fingerprint density at radius 3 is 1.73 bits per heavy atom. The minimum absolute atomic E-state index is 0.530. The molecule has 0 unspecified atom stereocenters. The molecule has 304 valence electrons. The smallest absolute Gasteiger partial charge is 0.164 e. The summed E-state index contributed by atoms with van der Waals surface area (Å²) in [6.45, 7) is 6.80. The molecule has 3 nitrogen and oxygen atoms in total. The largest absolute Gasteiger partial charge is 0.208 e. The molecule has 8 aromatic carbocycles. The number of hydrogen-bond donors (Lipinski definition) is 0. The third-order valence-corrected chi connectivity index (χ3v) is 13.8. The van der Waals surface area contributed by atoms with E-state index < -0.39 is 5.41 Å². The van der Waals surface area contributed by atoms with E-state index in [0.29, 0.717) is 23.0 Å². The number of nitrogens with zero attached hydrogens (tertiary/aromatic N) is 3. The molecule has 0 aliphatic heterocycles. The highest BCUT2D eigenvalue weighted by Crippen LogP contribution is 2.57. The van der Waals surface area contributed by atoms with Crippen molar-refractivity contribution in [3.05, 3.63) is 253 Å². The van der Waals surface area contributed by atoms with Crippen LogP contribution in [0.4, 0.5) is 0 Å². The van der Waals surface area contributed by atoms with E-state index in [1.165, 1.54) is 64.7 Å². The van der Waals surface area contributed by atoms with E-state index in [1.54, 1.807) is 0 Å². The summed E-state index contributed by atoms with van der Waals surface area (Å²) in [5.74, 6) is 1.75. The maximum Gasteiger partial charge on any atom is 0.164 e. The lowest BCUT2D eigenvalue weighted by atomic mass is 9.66. The molecule has 0 N–H and O–H groups in total. The average Bonchev–Trinajstić information content (AvgIpc) is 3.89. The summed E-state index contributed by atoms with van der Waals surface area (Å²) in [4.78, 5) is 15.0. The van der Waals surface area contributed by atoms with Gasteiger partial charge in [0, 0.05) is 36.9 Å². The molecule has 0 radical (unpaired) electrons. The van der Waals surface area contributed by atoms with E-state index in [4.69, 9.17) is 15.0 Å². The minimum atomic E-state index is -0.530. The third kappa shape index (κ3) is 6.80. The Morgan fingerprint density at radius 1 is 0.500 bits per heavy atom. The van der Waals surface area contributed by atoms with Crippen LogP contribution < -0.4 is 0 Å². The van der Waals surface area contributed by atoms with Gasteiger partial charge in [-0.25, -0.2) is 15.0 Å². The third-order valence-electron chi connectivity index (χ3n) is 12.6. The van der Waals surface area contributed by atoms with Gasteiger partial charge in [0.2, 0.25) is 0 Å². The number of benzene rings is 8. The second-order valence-corrected chi connectivity index (χ2v) is 17.4. The van der Waals surface area contributed by atoms with Crippen molar-refractivity contribution in [2.75, 3.05) is 0 Å². The van der Waals surface area contributed by atoms with Crippen molar-refractivity contribution < 1.29 is 0 Å². The van der Waals surface area contributed by atoms with Crippen molar-refractivity contribution in [2.24, 2.45) is 0 Å². The highest BCUT2D eigenvalue weighted by atomic mass is 32.1. The molecule has 0 amide bonds. The molecule has 2 heterocycles. The molecule has 1 aliphatic rings. The number of rotatable bonds is 10. The van der Waals surface area contributed by atoms with E-state index in [-0.39, 0.29) is 0 Å². The second kappa shape index (κ2) is 16.5. The zero-order valence-corrected chi connectivity index (χ0v) is 36.3. The van der Waals surface area contributed by atoms with Gasteiger partial charge in [0.05, 0.1) is 5.41 Å². The molecule has 2 aromatic heterocycles. The number of fused-ring (bicyclic) bond motifs is 6. The molecule has 0 saturated carbocycles. The first-order valence-electron chi connectivity index (χ1n) is 21.8. The molecule has 10 aromatic rings. The molecule has 0 bridgehead atoms. The van der Waals surface area contributed by atoms with E-state index in [9.17, 15) is 0 Å². The van der Waals surface area contributed by atoms with Crippen LogP contribution in [0.3, 0.4) is 0 Å². The van der Waals surface area contributed by atoms with Crippen LogP contribution in [0.5, 0.6) is 0 Å². The summed E-state index contributed by atoms with van der Waals surface area (Å²) >= 11 is 1.86. The van der Waals surface area contributed by atoms with Crippen LogP contribution in [0.1, 0.15) is 35.9 Å². The zero-order chi connectivity index (χ0) is 43.0. The van der Waals surface area contributed by atoms with Crippen LogP contribution >= 0.6 is 11.3 Å². The van der Waals surface area contributed by atoms with Gasteiger partial charge in [0.1, 0.15) is 0 Å². The van der Waals surface area contributed by atoms with Crippen molar-refractivity contribution in [1.82, 2.24) is 15.0 Å². The Bertz CT molecular complexity index is 3390. The van der Waals surface area contributed by atoms with Crippen molar-refractivity contribution in [3.8, 4) is 56.2 Å². The van der Waals surface area contributed by atoms with Gasteiger partial charge in [0.15, 0.2) is 17.5 Å². The van der Waals surface area contributed by atoms with Gasteiger partial charge in [-0.3, -0.25) is 0 Å². The van der Waals surface area contributed by atoms with Crippen LogP contribution in [-0.4, -0.2) is 15.0 Å². The lowest BCUT2D eigenvalue weighted by Crippen LogP contribution is -2.29. The quantitative estimate of drug-likeness (QED) is 0.129. The van der Waals surface area contributed by atoms with E-state index in [2.05, 4.69) is 189 Å². The SMILES string of the molecule is C=C(/C=C\C=C(/CC)C1(c2cccc(-c3ccc4c(c3)sc3ccccc34)c2)c2ccccc2-c2ccccc21)c1nc(-c2ccccc2)nc(-c2ccc(-c3ccccc3)cc2)n1. The number of thiophene rings is 1. The van der Waals surface area contributed by atoms with Gasteiger partial charge < -0.3 is 0 Å². The molecular weight excluding hydrogens is 795 g/mol. The molecular formula is C60H43N3S. The second-order valence-electron chi connectivity index (χ2n) is 16.3. The van der Waals surface area contributed by atoms with Crippen LogP contribution in [-0.2, 0) is 5.41 Å². The summed E-state index contributed by atoms with van der Waals surface area (Å²) in [6, 6.07) is 71.6. The maximum atomic E-state index is 5.02. The monoisotopic (exact) mass is 837 g/mol. The Hall–Kier alpha value is -7.79. The van der Waals surface area contributed by atoms with Crippen molar-refractivity contribution in [2.45, 2.75) is 18.8 Å². The van der Waals surface area contributed by atoms with Crippen molar-refractivity contribution in [3.63, 3.8) is 0 Å². The topological polar surface area (TPSA) is 38.7 Å². The van der Waals surface area contributed by atoms with Crippen LogP contribution in [0.2, 0.25) is 0 Å². The normalized spacial score (nSPS) is 13.0. The summed E-state index contributed by atoms with van der Waals surface area (Å²) in [5, 5.41) is 2.62. The average molecular weight is 838 g/mol. The molecule has 4 heteroatoms. The van der Waals surface area contributed by atoms with Gasteiger partial charge in [-0.15, -0.1) is 11.3 Å². The van der Waals surface area contributed by atoms with Gasteiger partial charge in [-0.05, 0) is 74.7 Å². The number of hydrogen-bond acceptors (Lipinski definition) is 4. The van der Waals surface area contributed by atoms with Crippen LogP contribution in [0.25, 0.3) is 81.9 Å². The van der Waals surface area contributed by atoms with Crippen LogP contribution in [0.15, 0.2) is 231 Å². The Kier molecular flexibility index (Phi) is 10.1. The van der Waals surface area contributed by atoms with Crippen molar-refractivity contribution in [1.29, 1.82) is 0 Å². The molecule has 64 heavy (non-hydrogen) atoms. The first-order chi connectivity index (χ1) is 31.6. The number of aromatic nitrogens is 3. The Labute approximate surface area is 378 Å². The van der Waals surface area contributed by atoms with Gasteiger partial charge >= 0.3 is 0 Å². The van der Waals surface area contributed by atoms with Gasteiger partial charge in [-0.2, -0.15) is 0 Å². The van der Waals surface area contributed by atoms with Gasteiger partial charge in [-0.1, -0.05) is 219 Å². The number of allylic oxidation sites excluding steroid dienone is 5. The molecule has 0 fully saturated rings. The van der Waals surface area contributed by atoms with Gasteiger partial charge in [0.25, 0.3) is 0 Å². The fourth-order valence-corrected chi connectivity index (χ4v) is 10.7. The fourth-order valence-electron chi connectivity index (χ4n) is 9.59. The lowest BCUT2D eigenvalue weighted by Gasteiger charge is -2.36. The summed E-state index contributed by atoms with van der Waals surface area (Å²) < 4.78 is 2.62. The fraction of sp³-hybridized carbons (Fsp3) is 0.0500. The highest BCUT2D eigenvalue weighted by Gasteiger charge is 2.46. The highest BCUT2D eigenvalue weighted by molar-refractivity contribution is 7.25. The Balaban J connectivity index is 1.00. The standard InChI is InChI=1S/C60H43N3S/c1-3-47(24-16-18-40(2)57-61-58(43-21-8-5-9-22-43)63-59(62-57)44-34-32-42(33-35-44)41-19-6-4-7-20-41)60(53-29-13-10-26-49(53)50-27-11-14-30-54(50)60)48-25-17-23-45(38-48)46-36-37-52-51-28-12-15-31-55(51)64-56(52)39-46/h4-39H,2-3H2,1H3/b18-16-,47-24+. The maximum absolute atomic E-state index is 5.02. The predicted molar refractivity (Wildman–Crippen MR) is 269 cm³/mol. The van der Waals surface area contributed by atoms with Crippen molar-refractivity contribution >= 4 is 37.1 Å². The van der Waals surface area contributed by atoms with E-state index in [0.717, 1.165) is 28.7 Å². The summed E-state index contributed by atoms with van der Waals surface area (Å²) in [5.41, 5.74) is 14.4. The summed E-state index contributed by atoms with van der Waals surface area (Å²) in [7, 11) is 0. The molecule has 0 saturated heterocycles. The minimum Gasteiger partial charge on any atom is -0.208 e. The summed E-state index contributed by atoms with van der Waals surface area (Å²) in [6.07, 6.45) is 7.29. The molecule has 0 spiro atoms. The molecule has 1 aliphatic carbocycles. The Morgan fingerprint density at radius 2 is 1.03 bits per heavy atom. The first-order valence-corrected chi connectivity index (χ1v) is 22.7. The van der Waals surface area contributed by atoms with Crippen LogP contribution in [0, 0.1) is 0 Å². The predicted octanol–water partition coefficient (Wildman–Crippen LogP) is 15.8. The molecule has 11 rings (SSSR count). The van der Waals surface area contributed by atoms with E-state index >= 15 is 0 Å². The lowest BCUT2D eigenvalue weighted by molar-refractivity contribution is 0.713.